The van der Waals surface area contributed by atoms with Crippen molar-refractivity contribution in [2.24, 2.45) is 11.8 Å². The van der Waals surface area contributed by atoms with Gasteiger partial charge in [0.25, 0.3) is 0 Å². The largest absolute Gasteiger partial charge is 0.362 e. The summed E-state index contributed by atoms with van der Waals surface area (Å²) >= 11 is 5.26. The SMILES string of the molecule is CC(C)CNC(=S)N(C)CC1CC1. The Bertz CT molecular complexity index is 176. The highest BCUT2D eigenvalue weighted by Gasteiger charge is 2.23. The molecule has 76 valence electrons. The zero-order chi connectivity index (χ0) is 9.84. The van der Waals surface area contributed by atoms with Crippen LogP contribution in [0.2, 0.25) is 0 Å². The lowest BCUT2D eigenvalue weighted by molar-refractivity contribution is 0.460. The summed E-state index contributed by atoms with van der Waals surface area (Å²) in [5.74, 6) is 1.57. The first-order valence-electron chi connectivity index (χ1n) is 5.08. The van der Waals surface area contributed by atoms with E-state index in [9.17, 15) is 0 Å². The molecule has 1 aliphatic rings. The third-order valence-corrected chi connectivity index (χ3v) is 2.69. The van der Waals surface area contributed by atoms with E-state index in [1.807, 2.05) is 0 Å². The summed E-state index contributed by atoms with van der Waals surface area (Å²) in [4.78, 5) is 2.16. The fourth-order valence-electron chi connectivity index (χ4n) is 1.20. The van der Waals surface area contributed by atoms with E-state index in [2.05, 4.69) is 31.1 Å². The molecule has 0 aliphatic heterocycles. The highest BCUT2D eigenvalue weighted by atomic mass is 32.1. The minimum atomic E-state index is 0.660. The average molecular weight is 200 g/mol. The molecule has 13 heavy (non-hydrogen) atoms. The van der Waals surface area contributed by atoms with E-state index in [-0.39, 0.29) is 0 Å². The van der Waals surface area contributed by atoms with Crippen LogP contribution in [0.25, 0.3) is 0 Å². The molecular weight excluding hydrogens is 180 g/mol. The fraction of sp³-hybridized carbons (Fsp3) is 0.900. The van der Waals surface area contributed by atoms with E-state index in [1.54, 1.807) is 0 Å². The molecule has 0 amide bonds. The van der Waals surface area contributed by atoms with Crippen molar-refractivity contribution in [3.63, 3.8) is 0 Å². The number of hydrogen-bond donors (Lipinski definition) is 1. The average Bonchev–Trinajstić information content (AvgIpc) is 2.83. The van der Waals surface area contributed by atoms with Crippen LogP contribution in [0, 0.1) is 11.8 Å². The number of nitrogens with zero attached hydrogens (tertiary/aromatic N) is 1. The molecule has 1 fully saturated rings. The lowest BCUT2D eigenvalue weighted by atomic mass is 10.2. The second kappa shape index (κ2) is 4.80. The number of rotatable bonds is 4. The Balaban J connectivity index is 2.13. The number of hydrogen-bond acceptors (Lipinski definition) is 1. The second-order valence-electron chi connectivity index (χ2n) is 4.40. The van der Waals surface area contributed by atoms with Gasteiger partial charge in [0.1, 0.15) is 0 Å². The minimum Gasteiger partial charge on any atom is -0.362 e. The molecule has 1 aliphatic carbocycles. The highest BCUT2D eigenvalue weighted by molar-refractivity contribution is 7.80. The van der Waals surface area contributed by atoms with Crippen molar-refractivity contribution in [3.8, 4) is 0 Å². The monoisotopic (exact) mass is 200 g/mol. The van der Waals surface area contributed by atoms with Gasteiger partial charge in [0.2, 0.25) is 0 Å². The number of nitrogens with one attached hydrogen (secondary N) is 1. The summed E-state index contributed by atoms with van der Waals surface area (Å²) < 4.78 is 0. The predicted octanol–water partition coefficient (Wildman–Crippen LogP) is 1.86. The third kappa shape index (κ3) is 4.46. The van der Waals surface area contributed by atoms with Crippen LogP contribution >= 0.6 is 12.2 Å². The normalized spacial score (nSPS) is 16.0. The van der Waals surface area contributed by atoms with Crippen LogP contribution < -0.4 is 5.32 Å². The van der Waals surface area contributed by atoms with E-state index in [0.29, 0.717) is 5.92 Å². The van der Waals surface area contributed by atoms with Gasteiger partial charge in [0.15, 0.2) is 5.11 Å². The van der Waals surface area contributed by atoms with Gasteiger partial charge >= 0.3 is 0 Å². The van der Waals surface area contributed by atoms with E-state index in [4.69, 9.17) is 12.2 Å². The molecule has 1 rings (SSSR count). The first-order chi connectivity index (χ1) is 6.09. The topological polar surface area (TPSA) is 15.3 Å². The maximum absolute atomic E-state index is 5.26. The molecule has 0 saturated heterocycles. The van der Waals surface area contributed by atoms with E-state index >= 15 is 0 Å². The smallest absolute Gasteiger partial charge is 0.168 e. The molecule has 0 radical (unpaired) electrons. The van der Waals surface area contributed by atoms with Gasteiger partial charge in [-0.25, -0.2) is 0 Å². The van der Waals surface area contributed by atoms with Crippen LogP contribution in [0.5, 0.6) is 0 Å². The van der Waals surface area contributed by atoms with Gasteiger partial charge < -0.3 is 10.2 Å². The summed E-state index contributed by atoms with van der Waals surface area (Å²) in [6, 6.07) is 0. The van der Waals surface area contributed by atoms with Crippen molar-refractivity contribution < 1.29 is 0 Å². The molecule has 1 N–H and O–H groups in total. The first kappa shape index (κ1) is 10.8. The molecule has 0 unspecified atom stereocenters. The Labute approximate surface area is 86.7 Å². The Morgan fingerprint density at radius 3 is 2.62 bits per heavy atom. The van der Waals surface area contributed by atoms with Crippen LogP contribution in [0.4, 0.5) is 0 Å². The zero-order valence-corrected chi connectivity index (χ0v) is 9.66. The molecular formula is C10H20N2S. The molecule has 0 aromatic heterocycles. The molecule has 0 spiro atoms. The van der Waals surface area contributed by atoms with E-state index in [1.165, 1.54) is 12.8 Å². The van der Waals surface area contributed by atoms with E-state index < -0.39 is 0 Å². The van der Waals surface area contributed by atoms with Crippen LogP contribution in [0.1, 0.15) is 26.7 Å². The highest BCUT2D eigenvalue weighted by Crippen LogP contribution is 2.29. The Hall–Kier alpha value is -0.310. The van der Waals surface area contributed by atoms with Crippen molar-refractivity contribution in [1.82, 2.24) is 10.2 Å². The van der Waals surface area contributed by atoms with Crippen molar-refractivity contribution in [3.05, 3.63) is 0 Å². The van der Waals surface area contributed by atoms with Gasteiger partial charge in [0.05, 0.1) is 0 Å². The summed E-state index contributed by atoms with van der Waals surface area (Å²) in [5, 5.41) is 4.18. The van der Waals surface area contributed by atoms with E-state index in [0.717, 1.165) is 24.1 Å². The van der Waals surface area contributed by atoms with Crippen molar-refractivity contribution >= 4 is 17.3 Å². The lowest BCUT2D eigenvalue weighted by Gasteiger charge is -2.21. The fourth-order valence-corrected chi connectivity index (χ4v) is 1.35. The quantitative estimate of drug-likeness (QED) is 0.697. The van der Waals surface area contributed by atoms with Gasteiger partial charge in [-0.2, -0.15) is 0 Å². The van der Waals surface area contributed by atoms with Crippen LogP contribution in [0.15, 0.2) is 0 Å². The summed E-state index contributed by atoms with van der Waals surface area (Å²) in [7, 11) is 2.08. The van der Waals surface area contributed by atoms with Gasteiger partial charge in [-0.15, -0.1) is 0 Å². The second-order valence-corrected chi connectivity index (χ2v) is 4.79. The standard InChI is InChI=1S/C10H20N2S/c1-8(2)6-11-10(13)12(3)7-9-4-5-9/h8-9H,4-7H2,1-3H3,(H,11,13). The van der Waals surface area contributed by atoms with Gasteiger partial charge in [-0.3, -0.25) is 0 Å². The number of thiocarbonyl (C=S) groups is 1. The molecule has 3 heteroatoms. The lowest BCUT2D eigenvalue weighted by Crippen LogP contribution is -2.39. The first-order valence-corrected chi connectivity index (χ1v) is 5.49. The molecule has 0 atom stereocenters. The molecule has 1 saturated carbocycles. The molecule has 2 nitrogen and oxygen atoms in total. The summed E-state index contributed by atoms with van der Waals surface area (Å²) in [5.41, 5.74) is 0. The van der Waals surface area contributed by atoms with Gasteiger partial charge in [0, 0.05) is 20.1 Å². The minimum absolute atomic E-state index is 0.660. The van der Waals surface area contributed by atoms with Gasteiger partial charge in [-0.05, 0) is 36.9 Å². The summed E-state index contributed by atoms with van der Waals surface area (Å²) in [6.07, 6.45) is 2.77. The zero-order valence-electron chi connectivity index (χ0n) is 8.84. The van der Waals surface area contributed by atoms with Crippen molar-refractivity contribution in [2.45, 2.75) is 26.7 Å². The van der Waals surface area contributed by atoms with Gasteiger partial charge in [-0.1, -0.05) is 13.8 Å². The molecule has 0 aromatic carbocycles. The van der Waals surface area contributed by atoms with Crippen LogP contribution in [-0.2, 0) is 0 Å². The summed E-state index contributed by atoms with van der Waals surface area (Å²) in [6.45, 7) is 6.49. The van der Waals surface area contributed by atoms with Crippen LogP contribution in [-0.4, -0.2) is 30.1 Å². The Morgan fingerprint density at radius 2 is 2.15 bits per heavy atom. The predicted molar refractivity (Wildman–Crippen MR) is 60.8 cm³/mol. The molecule has 0 bridgehead atoms. The Kier molecular flexibility index (Phi) is 3.97. The Morgan fingerprint density at radius 1 is 1.54 bits per heavy atom. The molecule has 0 aromatic rings. The molecule has 0 heterocycles. The third-order valence-electron chi connectivity index (χ3n) is 2.24. The van der Waals surface area contributed by atoms with Crippen LogP contribution in [0.3, 0.4) is 0 Å². The van der Waals surface area contributed by atoms with Crippen molar-refractivity contribution in [2.75, 3.05) is 20.1 Å². The maximum atomic E-state index is 5.26. The van der Waals surface area contributed by atoms with Crippen molar-refractivity contribution in [1.29, 1.82) is 0 Å². The maximum Gasteiger partial charge on any atom is 0.168 e.